The van der Waals surface area contributed by atoms with E-state index in [-0.39, 0.29) is 25.9 Å². The summed E-state index contributed by atoms with van der Waals surface area (Å²) in [6.07, 6.45) is 73.0. The molecule has 0 aromatic carbocycles. The second kappa shape index (κ2) is 64.2. The second-order valence-electron chi connectivity index (χ2n) is 23.0. The molecule has 0 heterocycles. The van der Waals surface area contributed by atoms with Crippen LogP contribution in [-0.2, 0) is 42.2 Å². The van der Waals surface area contributed by atoms with E-state index in [1.165, 1.54) is 173 Å². The van der Waals surface area contributed by atoms with E-state index in [9.17, 15) is 28.9 Å². The molecule has 0 aliphatic rings. The summed E-state index contributed by atoms with van der Waals surface area (Å²) >= 11 is 0. The van der Waals surface area contributed by atoms with E-state index < -0.39 is 57.8 Å². The molecule has 12 heteroatoms. The largest absolute Gasteiger partial charge is 0.472 e. The van der Waals surface area contributed by atoms with Gasteiger partial charge in [0.25, 0.3) is 0 Å². The summed E-state index contributed by atoms with van der Waals surface area (Å²) in [6.45, 7) is 4.65. The van der Waals surface area contributed by atoms with Crippen molar-refractivity contribution in [3.63, 3.8) is 0 Å². The van der Waals surface area contributed by atoms with Gasteiger partial charge in [-0.05, 0) is 109 Å². The zero-order chi connectivity index (χ0) is 59.8. The van der Waals surface area contributed by atoms with Crippen molar-refractivity contribution in [1.82, 2.24) is 0 Å². The Morgan fingerprint density at radius 1 is 0.341 bits per heavy atom. The van der Waals surface area contributed by atoms with Crippen molar-refractivity contribution < 1.29 is 52.2 Å². The van der Waals surface area contributed by atoms with Gasteiger partial charge in [0.2, 0.25) is 0 Å². The van der Waals surface area contributed by atoms with Crippen LogP contribution in [0.4, 0.5) is 0 Å². The molecule has 3 unspecified atom stereocenters. The highest BCUT2D eigenvalue weighted by Gasteiger charge is 2.28. The molecule has 0 aromatic rings. The Balaban J connectivity index is 4.68. The van der Waals surface area contributed by atoms with E-state index in [4.69, 9.17) is 23.3 Å². The first-order valence-electron chi connectivity index (χ1n) is 34.2. The number of aliphatic hydroxyl groups is 1. The summed E-state index contributed by atoms with van der Waals surface area (Å²) < 4.78 is 39.8. The van der Waals surface area contributed by atoms with Crippen molar-refractivity contribution >= 4 is 25.7 Å². The van der Waals surface area contributed by atoms with E-state index in [0.29, 0.717) is 19.3 Å². The standard InChI is InChI=1S/C70H127O11P/c1-4-7-10-13-16-19-22-25-28-31-33-36-39-42-45-48-51-54-57-60-69(73)80-66(62-71)64-78-82(75,76)79-65-67(63-77-68(72)59-56-53-50-47-44-41-38-35-30-27-24-21-18-15-12-9-6-3)81-70(74)61-58-55-52-49-46-43-40-37-34-32-29-26-23-20-17-14-11-8-5-2/h17,20,25-30,34,37,66-67,71H,4-16,18-19,21-24,31-33,35-36,38-65H2,1-3H3,(H,75,76)/b20-17-,28-25-,29-26-,30-27-,37-34-. The molecule has 0 saturated carbocycles. The molecule has 11 nitrogen and oxygen atoms in total. The zero-order valence-electron chi connectivity index (χ0n) is 53.2. The Bertz CT molecular complexity index is 1610. The number of aliphatic hydroxyl groups excluding tert-OH is 1. The summed E-state index contributed by atoms with van der Waals surface area (Å²) in [4.78, 5) is 48.9. The van der Waals surface area contributed by atoms with Crippen molar-refractivity contribution in [2.45, 2.75) is 341 Å². The minimum absolute atomic E-state index is 0.153. The lowest BCUT2D eigenvalue weighted by molar-refractivity contribution is -0.161. The van der Waals surface area contributed by atoms with Gasteiger partial charge in [0.1, 0.15) is 12.7 Å². The second-order valence-corrected chi connectivity index (χ2v) is 24.4. The summed E-state index contributed by atoms with van der Waals surface area (Å²) in [5.74, 6) is -1.47. The smallest absolute Gasteiger partial charge is 0.462 e. The fourth-order valence-electron chi connectivity index (χ4n) is 9.65. The minimum atomic E-state index is -4.76. The Morgan fingerprint density at radius 2 is 0.598 bits per heavy atom. The molecule has 3 atom stereocenters. The number of hydrogen-bond acceptors (Lipinski definition) is 10. The molecular formula is C70H127O11P. The molecule has 0 fully saturated rings. The van der Waals surface area contributed by atoms with Crippen LogP contribution < -0.4 is 0 Å². The van der Waals surface area contributed by atoms with Gasteiger partial charge in [-0.25, -0.2) is 4.57 Å². The molecule has 0 radical (unpaired) electrons. The average molecular weight is 1180 g/mol. The van der Waals surface area contributed by atoms with E-state index in [1.807, 2.05) is 0 Å². The summed E-state index contributed by atoms with van der Waals surface area (Å²) in [5, 5.41) is 9.88. The number of carbonyl (C=O) groups is 3. The Kier molecular flexibility index (Phi) is 62.0. The normalized spacial score (nSPS) is 13.6. The maximum Gasteiger partial charge on any atom is 0.472 e. The fourth-order valence-corrected chi connectivity index (χ4v) is 10.4. The highest BCUT2D eigenvalue weighted by Crippen LogP contribution is 2.43. The molecular weight excluding hydrogens is 1050 g/mol. The zero-order valence-corrected chi connectivity index (χ0v) is 54.1. The number of phosphoric ester groups is 1. The van der Waals surface area contributed by atoms with E-state index >= 15 is 0 Å². The molecule has 478 valence electrons. The molecule has 0 saturated heterocycles. The van der Waals surface area contributed by atoms with Crippen LogP contribution in [0.15, 0.2) is 60.8 Å². The van der Waals surface area contributed by atoms with Gasteiger partial charge in [0, 0.05) is 19.3 Å². The summed E-state index contributed by atoms with van der Waals surface area (Å²) in [6, 6.07) is 0. The third kappa shape index (κ3) is 61.7. The maximum atomic E-state index is 13.0. The minimum Gasteiger partial charge on any atom is -0.462 e. The van der Waals surface area contributed by atoms with Crippen molar-refractivity contribution in [2.75, 3.05) is 26.4 Å². The van der Waals surface area contributed by atoms with Crippen LogP contribution in [0, 0.1) is 0 Å². The summed E-state index contributed by atoms with van der Waals surface area (Å²) in [5.41, 5.74) is 0. The van der Waals surface area contributed by atoms with E-state index in [0.717, 1.165) is 96.3 Å². The highest BCUT2D eigenvalue weighted by atomic mass is 31.2. The van der Waals surface area contributed by atoms with Crippen LogP contribution in [0.5, 0.6) is 0 Å². The fraction of sp³-hybridized carbons (Fsp3) is 0.814. The number of phosphoric acid groups is 1. The predicted molar refractivity (Wildman–Crippen MR) is 344 cm³/mol. The Morgan fingerprint density at radius 3 is 0.951 bits per heavy atom. The number of allylic oxidation sites excluding steroid dienone is 10. The number of carbonyl (C=O) groups excluding carboxylic acids is 3. The van der Waals surface area contributed by atoms with Crippen LogP contribution in [0.3, 0.4) is 0 Å². The number of hydrogen-bond donors (Lipinski definition) is 2. The number of unbranched alkanes of at least 4 members (excludes halogenated alkanes) is 37. The third-order valence-corrected chi connectivity index (χ3v) is 15.8. The predicted octanol–water partition coefficient (Wildman–Crippen LogP) is 21.0. The number of rotatable bonds is 64. The van der Waals surface area contributed by atoms with Crippen LogP contribution in [0.1, 0.15) is 329 Å². The molecule has 0 aliphatic heterocycles. The Labute approximate surface area is 504 Å². The molecule has 0 aliphatic carbocycles. The van der Waals surface area contributed by atoms with Crippen molar-refractivity contribution in [3.05, 3.63) is 60.8 Å². The first-order chi connectivity index (χ1) is 40.2. The van der Waals surface area contributed by atoms with Gasteiger partial charge < -0.3 is 24.2 Å². The van der Waals surface area contributed by atoms with Crippen LogP contribution in [0.25, 0.3) is 0 Å². The van der Waals surface area contributed by atoms with Gasteiger partial charge in [-0.3, -0.25) is 23.4 Å². The van der Waals surface area contributed by atoms with Crippen molar-refractivity contribution in [3.8, 4) is 0 Å². The van der Waals surface area contributed by atoms with Gasteiger partial charge >= 0.3 is 25.7 Å². The van der Waals surface area contributed by atoms with Gasteiger partial charge in [0.15, 0.2) is 6.10 Å². The highest BCUT2D eigenvalue weighted by molar-refractivity contribution is 7.47. The van der Waals surface area contributed by atoms with Crippen molar-refractivity contribution in [2.24, 2.45) is 0 Å². The quantitative estimate of drug-likeness (QED) is 0.0197. The third-order valence-electron chi connectivity index (χ3n) is 14.9. The molecule has 0 amide bonds. The molecule has 0 rings (SSSR count). The number of ether oxygens (including phenoxy) is 3. The van der Waals surface area contributed by atoms with Crippen LogP contribution in [-0.4, -0.2) is 66.5 Å². The van der Waals surface area contributed by atoms with Gasteiger partial charge in [-0.15, -0.1) is 0 Å². The van der Waals surface area contributed by atoms with Crippen LogP contribution >= 0.6 is 7.82 Å². The lowest BCUT2D eigenvalue weighted by Crippen LogP contribution is -2.30. The van der Waals surface area contributed by atoms with Gasteiger partial charge in [0.05, 0.1) is 19.8 Å². The first-order valence-corrected chi connectivity index (χ1v) is 35.7. The monoisotopic (exact) mass is 1170 g/mol. The lowest BCUT2D eigenvalue weighted by atomic mass is 10.1. The number of esters is 3. The van der Waals surface area contributed by atoms with E-state index in [1.54, 1.807) is 0 Å². The van der Waals surface area contributed by atoms with E-state index in [2.05, 4.69) is 81.5 Å². The van der Waals surface area contributed by atoms with Gasteiger partial charge in [-0.2, -0.15) is 0 Å². The summed E-state index contributed by atoms with van der Waals surface area (Å²) in [7, 11) is -4.76. The van der Waals surface area contributed by atoms with Gasteiger partial charge in [-0.1, -0.05) is 261 Å². The van der Waals surface area contributed by atoms with Crippen LogP contribution in [0.2, 0.25) is 0 Å². The SMILES string of the molecule is CCCCC/C=C\C/C=C\C/C=C\CCCCCCCCC(=O)OC(COC(=O)CCCCCCCCC/C=C\CCCCCCCC)COP(=O)(O)OCC(CO)OC(=O)CCCCCCCCCCC/C=C\CCCCCCCC. The molecule has 82 heavy (non-hydrogen) atoms. The Hall–Kier alpha value is -2.82. The first kappa shape index (κ1) is 79.2. The molecule has 0 bridgehead atoms. The molecule has 0 spiro atoms. The maximum absolute atomic E-state index is 13.0. The topological polar surface area (TPSA) is 155 Å². The molecule has 2 N–H and O–H groups in total. The van der Waals surface area contributed by atoms with Crippen molar-refractivity contribution in [1.29, 1.82) is 0 Å². The average Bonchev–Trinajstić information content (AvgIpc) is 3.50. The molecule has 0 aromatic heterocycles. The lowest BCUT2D eigenvalue weighted by Gasteiger charge is -2.21.